The molecule has 172 valence electrons. The molecule has 0 bridgehead atoms. The van der Waals surface area contributed by atoms with Crippen LogP contribution >= 0.6 is 0 Å². The minimum Gasteiger partial charge on any atom is -0.352 e. The average Bonchev–Trinajstić information content (AvgIpc) is 2.76. The van der Waals surface area contributed by atoms with Gasteiger partial charge >= 0.3 is 12.4 Å². The molecule has 2 heterocycles. The monoisotopic (exact) mass is 455 g/mol. The van der Waals surface area contributed by atoms with Crippen molar-refractivity contribution in [2.45, 2.75) is 57.0 Å². The van der Waals surface area contributed by atoms with E-state index in [2.05, 4.69) is 9.98 Å². The van der Waals surface area contributed by atoms with Crippen molar-refractivity contribution in [2.75, 3.05) is 6.54 Å². The van der Waals surface area contributed by atoms with E-state index in [0.29, 0.717) is 18.9 Å². The van der Waals surface area contributed by atoms with Gasteiger partial charge in [0.15, 0.2) is 5.69 Å². The molecular weight excluding hydrogens is 432 g/mol. The molecular formula is C23H23F6N3. The Morgan fingerprint density at radius 1 is 0.906 bits per heavy atom. The number of rotatable bonds is 4. The Kier molecular flexibility index (Phi) is 6.18. The van der Waals surface area contributed by atoms with Crippen molar-refractivity contribution >= 4 is 6.20 Å². The molecule has 2 aromatic rings. The topological polar surface area (TPSA) is 28.5 Å². The third-order valence-corrected chi connectivity index (χ3v) is 6.17. The highest BCUT2D eigenvalue weighted by atomic mass is 19.4. The van der Waals surface area contributed by atoms with Gasteiger partial charge in [-0.05, 0) is 24.5 Å². The Morgan fingerprint density at radius 2 is 1.62 bits per heavy atom. The van der Waals surface area contributed by atoms with E-state index in [0.717, 1.165) is 44.4 Å². The van der Waals surface area contributed by atoms with Crippen LogP contribution in [-0.4, -0.2) is 16.4 Å². The molecule has 1 aromatic carbocycles. The Morgan fingerprint density at radius 3 is 2.31 bits per heavy atom. The Bertz CT molecular complexity index is 1070. The first kappa shape index (κ1) is 22.6. The second-order valence-electron chi connectivity index (χ2n) is 8.34. The molecule has 1 fully saturated rings. The molecule has 32 heavy (non-hydrogen) atoms. The molecule has 1 aromatic heterocycles. The van der Waals surface area contributed by atoms with E-state index in [9.17, 15) is 26.3 Å². The molecule has 1 aliphatic carbocycles. The van der Waals surface area contributed by atoms with Crippen LogP contribution < -0.4 is 10.6 Å². The number of benzene rings is 1. The van der Waals surface area contributed by atoms with Gasteiger partial charge in [0.2, 0.25) is 0 Å². The lowest BCUT2D eigenvalue weighted by Crippen LogP contribution is -2.43. The number of aromatic nitrogens is 1. The van der Waals surface area contributed by atoms with Crippen LogP contribution in [0.1, 0.15) is 61.5 Å². The van der Waals surface area contributed by atoms with E-state index in [1.54, 1.807) is 0 Å². The highest BCUT2D eigenvalue weighted by Gasteiger charge is 2.38. The van der Waals surface area contributed by atoms with Crippen molar-refractivity contribution in [3.05, 3.63) is 63.9 Å². The normalized spacial score (nSPS) is 19.8. The van der Waals surface area contributed by atoms with Gasteiger partial charge in [-0.1, -0.05) is 50.3 Å². The largest absolute Gasteiger partial charge is 0.434 e. The average molecular weight is 455 g/mol. The zero-order valence-corrected chi connectivity index (χ0v) is 17.3. The lowest BCUT2D eigenvalue weighted by Gasteiger charge is -2.33. The van der Waals surface area contributed by atoms with Gasteiger partial charge in [0.25, 0.3) is 0 Å². The molecule has 0 saturated heterocycles. The number of nitrogens with zero attached hydrogens (tertiary/aromatic N) is 3. The predicted molar refractivity (Wildman–Crippen MR) is 107 cm³/mol. The van der Waals surface area contributed by atoms with Crippen LogP contribution in [0, 0.1) is 5.92 Å². The maximum atomic E-state index is 13.7. The maximum Gasteiger partial charge on any atom is 0.434 e. The van der Waals surface area contributed by atoms with Crippen LogP contribution in [0.5, 0.6) is 0 Å². The van der Waals surface area contributed by atoms with Gasteiger partial charge < -0.3 is 4.90 Å². The number of fused-ring (bicyclic) bond motifs is 1. The molecule has 0 spiro atoms. The van der Waals surface area contributed by atoms with E-state index in [4.69, 9.17) is 0 Å². The van der Waals surface area contributed by atoms with Gasteiger partial charge in [-0.3, -0.25) is 9.98 Å². The Hall–Kier alpha value is -2.58. The summed E-state index contributed by atoms with van der Waals surface area (Å²) < 4.78 is 81.7. The molecule has 3 nitrogen and oxygen atoms in total. The molecule has 1 atom stereocenters. The first-order valence-electron chi connectivity index (χ1n) is 10.7. The molecule has 4 rings (SSSR count). The summed E-state index contributed by atoms with van der Waals surface area (Å²) in [7, 11) is 0. The van der Waals surface area contributed by atoms with Crippen LogP contribution in [-0.2, 0) is 12.4 Å². The van der Waals surface area contributed by atoms with Gasteiger partial charge in [-0.2, -0.15) is 26.3 Å². The Balaban J connectivity index is 1.80. The van der Waals surface area contributed by atoms with Crippen LogP contribution in [0.15, 0.2) is 41.5 Å². The van der Waals surface area contributed by atoms with Gasteiger partial charge in [0.1, 0.15) is 6.17 Å². The summed E-state index contributed by atoms with van der Waals surface area (Å²) in [6.07, 6.45) is -1.96. The number of halogens is 6. The van der Waals surface area contributed by atoms with Crippen molar-refractivity contribution < 1.29 is 26.3 Å². The van der Waals surface area contributed by atoms with Crippen molar-refractivity contribution in [3.8, 4) is 0 Å². The first-order chi connectivity index (χ1) is 15.1. The molecule has 0 radical (unpaired) electrons. The SMILES string of the molecule is FC(F)(F)c1ccccc1C1N=c2ccnc(C(F)(F)F)c2=CN1CCC1CCCCC1. The number of hydrogen-bond donors (Lipinski definition) is 0. The van der Waals surface area contributed by atoms with Crippen molar-refractivity contribution in [1.29, 1.82) is 0 Å². The van der Waals surface area contributed by atoms with Crippen LogP contribution in [0.2, 0.25) is 0 Å². The van der Waals surface area contributed by atoms with E-state index in [-0.39, 0.29) is 16.1 Å². The summed E-state index contributed by atoms with van der Waals surface area (Å²) in [4.78, 5) is 9.36. The van der Waals surface area contributed by atoms with Gasteiger partial charge in [-0.25, -0.2) is 0 Å². The minimum atomic E-state index is -4.69. The van der Waals surface area contributed by atoms with E-state index in [1.165, 1.54) is 35.4 Å². The lowest BCUT2D eigenvalue weighted by atomic mass is 9.87. The minimum absolute atomic E-state index is 0.0109. The molecule has 0 amide bonds. The third kappa shape index (κ3) is 4.76. The number of pyridine rings is 1. The standard InChI is InChI=1S/C23H23F6N3/c24-22(25,26)18-9-5-4-8-16(18)21-31-19-10-12-30-20(23(27,28)29)17(19)14-32(21)13-11-15-6-2-1-3-7-15/h4-5,8-10,12,14-15,21H,1-3,6-7,11,13H2. The summed E-state index contributed by atoms with van der Waals surface area (Å²) in [6.45, 7) is 0.316. The highest BCUT2D eigenvalue weighted by Crippen LogP contribution is 2.38. The zero-order chi connectivity index (χ0) is 22.9. The summed E-state index contributed by atoms with van der Waals surface area (Å²) in [5, 5.41) is -0.215. The molecule has 1 saturated carbocycles. The molecule has 1 unspecified atom stereocenters. The summed E-state index contributed by atoms with van der Waals surface area (Å²) in [5.74, 6) is 0.410. The van der Waals surface area contributed by atoms with E-state index in [1.807, 2.05) is 0 Å². The third-order valence-electron chi connectivity index (χ3n) is 6.17. The van der Waals surface area contributed by atoms with Crippen LogP contribution in [0.25, 0.3) is 6.20 Å². The number of alkyl halides is 6. The van der Waals surface area contributed by atoms with E-state index >= 15 is 0 Å². The molecule has 2 aliphatic rings. The lowest BCUT2D eigenvalue weighted by molar-refractivity contribution is -0.142. The summed E-state index contributed by atoms with van der Waals surface area (Å²) in [6, 6.07) is 6.42. The summed E-state index contributed by atoms with van der Waals surface area (Å²) in [5.41, 5.74) is -1.99. The number of hydrogen-bond acceptors (Lipinski definition) is 3. The van der Waals surface area contributed by atoms with Crippen molar-refractivity contribution in [1.82, 2.24) is 9.88 Å². The fourth-order valence-corrected chi connectivity index (χ4v) is 4.59. The fraction of sp³-hybridized carbons (Fsp3) is 0.478. The predicted octanol–water partition coefficient (Wildman–Crippen LogP) is 5.46. The zero-order valence-electron chi connectivity index (χ0n) is 17.3. The van der Waals surface area contributed by atoms with Gasteiger partial charge in [-0.15, -0.1) is 0 Å². The second kappa shape index (κ2) is 8.75. The smallest absolute Gasteiger partial charge is 0.352 e. The van der Waals surface area contributed by atoms with Crippen molar-refractivity contribution in [3.63, 3.8) is 0 Å². The van der Waals surface area contributed by atoms with E-state index < -0.39 is 29.8 Å². The highest BCUT2D eigenvalue weighted by molar-refractivity contribution is 5.37. The first-order valence-corrected chi connectivity index (χ1v) is 10.7. The fourth-order valence-electron chi connectivity index (χ4n) is 4.59. The second-order valence-corrected chi connectivity index (χ2v) is 8.34. The van der Waals surface area contributed by atoms with Gasteiger partial charge in [0.05, 0.1) is 10.9 Å². The Labute approximate surface area is 181 Å². The maximum absolute atomic E-state index is 13.7. The van der Waals surface area contributed by atoms with Crippen LogP contribution in [0.4, 0.5) is 26.3 Å². The molecule has 0 N–H and O–H groups in total. The summed E-state index contributed by atoms with van der Waals surface area (Å²) >= 11 is 0. The van der Waals surface area contributed by atoms with Crippen LogP contribution in [0.3, 0.4) is 0 Å². The molecule has 1 aliphatic heterocycles. The quantitative estimate of drug-likeness (QED) is 0.573. The van der Waals surface area contributed by atoms with Gasteiger partial charge in [0, 0.05) is 29.7 Å². The van der Waals surface area contributed by atoms with Crippen molar-refractivity contribution in [2.24, 2.45) is 10.9 Å². The molecule has 9 heteroatoms.